The van der Waals surface area contributed by atoms with Crippen LogP contribution in [0.15, 0.2) is 24.3 Å². The number of aliphatic hydroxyl groups is 3. The molecule has 14 heteroatoms. The largest absolute Gasteiger partial charge is 0.459 e. The zero-order chi connectivity index (χ0) is 45.1. The molecule has 3 N–H and O–H groups in total. The number of benzene rings is 1. The predicted molar refractivity (Wildman–Crippen MR) is 225 cm³/mol. The maximum atomic E-state index is 14.4. The number of nitrogens with zero attached hydrogens (tertiary/aromatic N) is 1. The molecule has 0 aliphatic carbocycles. The van der Waals surface area contributed by atoms with E-state index in [2.05, 4.69) is 4.90 Å². The van der Waals surface area contributed by atoms with Gasteiger partial charge in [0.15, 0.2) is 12.6 Å². The number of carbonyl (C=O) groups excluding carboxylic acids is 2. The van der Waals surface area contributed by atoms with Gasteiger partial charge in [-0.05, 0) is 87.4 Å². The van der Waals surface area contributed by atoms with Crippen molar-refractivity contribution in [1.29, 1.82) is 0 Å². The van der Waals surface area contributed by atoms with Crippen molar-refractivity contribution in [3.8, 4) is 0 Å². The van der Waals surface area contributed by atoms with Crippen LogP contribution < -0.4 is 0 Å². The smallest absolute Gasteiger partial charge is 0.311 e. The average molecular weight is 852 g/mol. The molecule has 3 aliphatic rings. The molecule has 0 aromatic heterocycles. The Balaban J connectivity index is 1.88. The molecule has 1 aromatic carbocycles. The Bertz CT molecular complexity index is 1540. The molecule has 60 heavy (non-hydrogen) atoms. The highest BCUT2D eigenvalue weighted by atomic mass is 16.7. The van der Waals surface area contributed by atoms with Gasteiger partial charge in [-0.2, -0.15) is 0 Å². The van der Waals surface area contributed by atoms with Crippen LogP contribution in [0.2, 0.25) is 0 Å². The third kappa shape index (κ3) is 11.2. The quantitative estimate of drug-likeness (QED) is 0.255. The van der Waals surface area contributed by atoms with Gasteiger partial charge in [0.2, 0.25) is 0 Å². The molecule has 0 bridgehead atoms. The van der Waals surface area contributed by atoms with Crippen LogP contribution in [0.5, 0.6) is 0 Å². The van der Waals surface area contributed by atoms with Crippen molar-refractivity contribution in [2.75, 3.05) is 28.3 Å². The first-order valence-corrected chi connectivity index (χ1v) is 21.8. The van der Waals surface area contributed by atoms with Gasteiger partial charge in [0.1, 0.15) is 29.7 Å². The van der Waals surface area contributed by atoms with Crippen molar-refractivity contribution < 1.29 is 62.8 Å². The van der Waals surface area contributed by atoms with Gasteiger partial charge in [-0.25, -0.2) is 0 Å². The summed E-state index contributed by atoms with van der Waals surface area (Å²) < 4.78 is 52.1. The number of hydrogen-bond acceptors (Lipinski definition) is 14. The standard InChI is InChI=1S/C46H77NO13/c1-16-34-46(11,52)39(49)28(5)36(48)26(3)22-45(10,54-15)41(29(6)37(30(7)42(51)58-34)59-35-23-44(9,53-14)40(50)31(8)57-35)60-43-38(33(47(12)13)21-27(4)56-43)55-24-32-19-17-25(2)18-20-32/h17-20,26-31,33-35,37-41,43,49-50,52H,16,21-24H2,1-15H3/t26-,27-,28+,29+,30-,31+,33+,34-,35+,37+,38-,39-,40+,41-,43+,44-,45+,46-/m1/s1. The second-order valence-electron chi connectivity index (χ2n) is 18.9. The molecule has 4 rings (SSSR count). The highest BCUT2D eigenvalue weighted by molar-refractivity contribution is 5.83. The second-order valence-corrected chi connectivity index (χ2v) is 18.9. The Hall–Kier alpha value is -2.08. The summed E-state index contributed by atoms with van der Waals surface area (Å²) in [5.74, 6) is -4.38. The van der Waals surface area contributed by atoms with Crippen LogP contribution in [0.4, 0.5) is 0 Å². The number of aryl methyl sites for hydroxylation is 1. The molecule has 1 aromatic rings. The number of ether oxygens (including phenoxy) is 8. The Morgan fingerprint density at radius 3 is 2.02 bits per heavy atom. The molecule has 0 spiro atoms. The van der Waals surface area contributed by atoms with Crippen molar-refractivity contribution in [3.63, 3.8) is 0 Å². The summed E-state index contributed by atoms with van der Waals surface area (Å²) in [5, 5.41) is 34.4. The maximum absolute atomic E-state index is 14.4. The number of methoxy groups -OCH3 is 2. The zero-order valence-corrected chi connectivity index (χ0v) is 38.9. The van der Waals surface area contributed by atoms with Crippen molar-refractivity contribution >= 4 is 11.8 Å². The van der Waals surface area contributed by atoms with Gasteiger partial charge in [-0.3, -0.25) is 9.59 Å². The van der Waals surface area contributed by atoms with Gasteiger partial charge < -0.3 is 58.1 Å². The number of rotatable bonds is 11. The fraction of sp³-hybridized carbons (Fsp3) is 0.826. The number of aliphatic hydroxyl groups excluding tert-OH is 2. The lowest BCUT2D eigenvalue weighted by Crippen LogP contribution is -2.61. The molecule has 3 heterocycles. The second kappa shape index (κ2) is 20.6. The van der Waals surface area contributed by atoms with E-state index in [1.165, 1.54) is 14.0 Å². The number of ketones is 1. The molecule has 0 unspecified atom stereocenters. The molecule has 0 amide bonds. The summed E-state index contributed by atoms with van der Waals surface area (Å²) in [7, 11) is 7.08. The maximum Gasteiger partial charge on any atom is 0.311 e. The minimum Gasteiger partial charge on any atom is -0.459 e. The molecule has 3 aliphatic heterocycles. The lowest BCUT2D eigenvalue weighted by Gasteiger charge is -2.50. The van der Waals surface area contributed by atoms with Gasteiger partial charge in [0.25, 0.3) is 0 Å². The summed E-state index contributed by atoms with van der Waals surface area (Å²) in [6, 6.07) is 8.05. The van der Waals surface area contributed by atoms with Crippen LogP contribution >= 0.6 is 0 Å². The van der Waals surface area contributed by atoms with E-state index in [0.717, 1.165) is 11.1 Å². The topological polar surface area (TPSA) is 172 Å². The zero-order valence-electron chi connectivity index (χ0n) is 38.9. The minimum atomic E-state index is -1.97. The summed E-state index contributed by atoms with van der Waals surface area (Å²) in [4.78, 5) is 30.8. The van der Waals surface area contributed by atoms with Crippen LogP contribution in [0.25, 0.3) is 0 Å². The van der Waals surface area contributed by atoms with E-state index in [4.69, 9.17) is 37.9 Å². The minimum absolute atomic E-state index is 0.107. The molecule has 14 nitrogen and oxygen atoms in total. The molecule has 344 valence electrons. The van der Waals surface area contributed by atoms with Gasteiger partial charge in [-0.15, -0.1) is 0 Å². The molecule has 3 fully saturated rings. The van der Waals surface area contributed by atoms with Crippen LogP contribution in [-0.2, 0) is 54.1 Å². The number of carbonyl (C=O) groups is 2. The van der Waals surface area contributed by atoms with E-state index in [0.29, 0.717) is 13.0 Å². The normalized spacial score (nSPS) is 44.0. The average Bonchev–Trinajstić information content (AvgIpc) is 3.20. The number of cyclic esters (lactones) is 1. The molecule has 0 radical (unpaired) electrons. The molecule has 18 atom stereocenters. The number of esters is 1. The first-order chi connectivity index (χ1) is 27.9. The van der Waals surface area contributed by atoms with Gasteiger partial charge in [0.05, 0.1) is 54.2 Å². The van der Waals surface area contributed by atoms with E-state index in [1.807, 2.05) is 66.1 Å². The summed E-state index contributed by atoms with van der Waals surface area (Å²) in [6.07, 6.45) is -7.82. The van der Waals surface area contributed by atoms with Crippen LogP contribution in [0, 0.1) is 30.6 Å². The SMILES string of the molecule is CC[C@H]1OC(=O)[C@H](C)[C@@H](O[C@H]2C[C@@](C)(OC)[C@@H](O)[C@H](C)O2)[C@H](C)[C@@H](O[C@@H]2O[C@H](C)C[C@H](N(C)C)[C@H]2OCc2ccc(C)cc2)[C@@](C)(OC)C[C@@H](C)C(=O)[C@H](C)[C@@H](O)[C@]1(C)O. The van der Waals surface area contributed by atoms with Gasteiger partial charge >= 0.3 is 5.97 Å². The first kappa shape index (κ1) is 50.6. The Labute approximate surface area is 358 Å². The molecule has 3 saturated heterocycles. The summed E-state index contributed by atoms with van der Waals surface area (Å²) in [5.41, 5.74) is -2.10. The lowest BCUT2D eigenvalue weighted by molar-refractivity contribution is -0.323. The third-order valence-electron chi connectivity index (χ3n) is 13.8. The van der Waals surface area contributed by atoms with Crippen molar-refractivity contribution in [2.24, 2.45) is 23.7 Å². The summed E-state index contributed by atoms with van der Waals surface area (Å²) in [6.45, 7) is 19.8. The molecule has 0 saturated carbocycles. The number of likely N-dealkylation sites (N-methyl/N-ethyl adjacent to an activating group) is 1. The number of Topliss-reactive ketones (excluding diaryl/α,β-unsaturated/α-hetero) is 1. The monoisotopic (exact) mass is 852 g/mol. The molecular weight excluding hydrogens is 774 g/mol. The van der Waals surface area contributed by atoms with Crippen molar-refractivity contribution in [1.82, 2.24) is 4.90 Å². The number of hydrogen-bond donors (Lipinski definition) is 3. The van der Waals surface area contributed by atoms with E-state index >= 15 is 0 Å². The fourth-order valence-electron chi connectivity index (χ4n) is 9.63. The van der Waals surface area contributed by atoms with Crippen molar-refractivity contribution in [2.45, 2.75) is 193 Å². The van der Waals surface area contributed by atoms with Crippen LogP contribution in [0.1, 0.15) is 106 Å². The van der Waals surface area contributed by atoms with Gasteiger partial charge in [0, 0.05) is 44.4 Å². The fourth-order valence-corrected chi connectivity index (χ4v) is 9.63. The van der Waals surface area contributed by atoms with E-state index in [9.17, 15) is 24.9 Å². The van der Waals surface area contributed by atoms with Crippen LogP contribution in [-0.4, -0.2) is 145 Å². The first-order valence-electron chi connectivity index (χ1n) is 21.8. The summed E-state index contributed by atoms with van der Waals surface area (Å²) >= 11 is 0. The van der Waals surface area contributed by atoms with Crippen LogP contribution in [0.3, 0.4) is 0 Å². The van der Waals surface area contributed by atoms with E-state index in [1.54, 1.807) is 48.7 Å². The predicted octanol–water partition coefficient (Wildman–Crippen LogP) is 4.97. The van der Waals surface area contributed by atoms with Crippen molar-refractivity contribution in [3.05, 3.63) is 35.4 Å². The van der Waals surface area contributed by atoms with E-state index in [-0.39, 0.29) is 37.2 Å². The Morgan fingerprint density at radius 1 is 0.833 bits per heavy atom. The third-order valence-corrected chi connectivity index (χ3v) is 13.8. The Morgan fingerprint density at radius 2 is 1.45 bits per heavy atom. The highest BCUT2D eigenvalue weighted by Gasteiger charge is 2.54. The Kier molecular flexibility index (Phi) is 17.4. The van der Waals surface area contributed by atoms with Gasteiger partial charge in [-0.1, -0.05) is 57.5 Å². The van der Waals surface area contributed by atoms with E-state index < -0.39 is 102 Å². The lowest BCUT2D eigenvalue weighted by atomic mass is 9.74. The highest BCUT2D eigenvalue weighted by Crippen LogP contribution is 2.42. The molecular formula is C46H77NO13.